The molecule has 0 saturated heterocycles. The SMILES string of the molecule is CCCCCCCCCCCCCCCCCC(Cc1ccccc1)C(CCCCCCCCCCCCCCCCC)[C+]1N=CC=N1. The summed E-state index contributed by atoms with van der Waals surface area (Å²) in [6.07, 6.45) is 51.5. The fourth-order valence-corrected chi connectivity index (χ4v) is 7.90. The first-order valence-electron chi connectivity index (χ1n) is 21.8. The molecule has 2 rings (SSSR count). The number of hydrogen-bond donors (Lipinski definition) is 0. The molecule has 2 atom stereocenters. The summed E-state index contributed by atoms with van der Waals surface area (Å²) in [6, 6.07) is 11.2. The monoisotopic (exact) mass is 662 g/mol. The topological polar surface area (TPSA) is 24.7 Å². The zero-order valence-corrected chi connectivity index (χ0v) is 32.4. The molecule has 1 heterocycles. The molecule has 2 nitrogen and oxygen atoms in total. The summed E-state index contributed by atoms with van der Waals surface area (Å²) in [5.41, 5.74) is 1.48. The normalized spacial score (nSPS) is 13.9. The second kappa shape index (κ2) is 32.6. The van der Waals surface area contributed by atoms with E-state index < -0.39 is 0 Å². The van der Waals surface area contributed by atoms with E-state index in [-0.39, 0.29) is 0 Å². The van der Waals surface area contributed by atoms with Gasteiger partial charge in [-0.05, 0) is 30.7 Å². The van der Waals surface area contributed by atoms with Gasteiger partial charge in [-0.15, -0.1) is 0 Å². The van der Waals surface area contributed by atoms with Crippen molar-refractivity contribution in [2.75, 3.05) is 0 Å². The minimum absolute atomic E-state index is 0.494. The van der Waals surface area contributed by atoms with E-state index >= 15 is 0 Å². The van der Waals surface area contributed by atoms with Crippen LogP contribution < -0.4 is 0 Å². The number of nitrogens with zero attached hydrogens (tertiary/aromatic N) is 2. The first kappa shape index (κ1) is 42.6. The summed E-state index contributed by atoms with van der Waals surface area (Å²) in [5, 5.41) is 0. The third kappa shape index (κ3) is 23.7. The van der Waals surface area contributed by atoms with E-state index in [1.165, 1.54) is 211 Å². The predicted molar refractivity (Wildman–Crippen MR) is 216 cm³/mol. The molecule has 0 radical (unpaired) electrons. The molecule has 0 N–H and O–H groups in total. The summed E-state index contributed by atoms with van der Waals surface area (Å²) in [6.45, 7) is 4.62. The molecule has 0 aliphatic carbocycles. The average Bonchev–Trinajstić information content (AvgIpc) is 3.65. The first-order chi connectivity index (χ1) is 23.8. The Hall–Kier alpha value is -1.57. The maximum Gasteiger partial charge on any atom is 0.244 e. The lowest BCUT2D eigenvalue weighted by Gasteiger charge is -2.26. The van der Waals surface area contributed by atoms with Gasteiger partial charge in [0.1, 0.15) is 0 Å². The van der Waals surface area contributed by atoms with Crippen LogP contribution in [0.1, 0.15) is 225 Å². The van der Waals surface area contributed by atoms with Crippen molar-refractivity contribution < 1.29 is 0 Å². The van der Waals surface area contributed by atoms with Gasteiger partial charge in [0.15, 0.2) is 12.4 Å². The van der Waals surface area contributed by atoms with E-state index in [0.717, 1.165) is 12.6 Å². The Morgan fingerprint density at radius 2 is 0.750 bits per heavy atom. The molecule has 48 heavy (non-hydrogen) atoms. The zero-order chi connectivity index (χ0) is 34.0. The second-order valence-corrected chi connectivity index (χ2v) is 15.4. The van der Waals surface area contributed by atoms with Crippen molar-refractivity contribution in [1.29, 1.82) is 0 Å². The van der Waals surface area contributed by atoms with Crippen molar-refractivity contribution in [2.24, 2.45) is 21.8 Å². The zero-order valence-electron chi connectivity index (χ0n) is 32.4. The minimum atomic E-state index is 0.494. The molecule has 1 aliphatic rings. The van der Waals surface area contributed by atoms with Crippen molar-refractivity contribution in [3.05, 3.63) is 42.1 Å². The number of unbranched alkanes of at least 4 members (excludes halogenated alkanes) is 28. The number of benzene rings is 1. The van der Waals surface area contributed by atoms with Crippen LogP contribution in [0.25, 0.3) is 0 Å². The lowest BCUT2D eigenvalue weighted by atomic mass is 9.78. The summed E-state index contributed by atoms with van der Waals surface area (Å²) in [5.74, 6) is 1.14. The average molecular weight is 662 g/mol. The molecule has 0 fully saturated rings. The molecule has 2 unspecified atom stereocenters. The van der Waals surface area contributed by atoms with E-state index in [2.05, 4.69) is 44.2 Å². The summed E-state index contributed by atoms with van der Waals surface area (Å²) < 4.78 is 0. The second-order valence-electron chi connectivity index (χ2n) is 15.4. The summed E-state index contributed by atoms with van der Waals surface area (Å²) >= 11 is 0. The number of rotatable bonds is 36. The van der Waals surface area contributed by atoms with Gasteiger partial charge in [-0.3, -0.25) is 0 Å². The molecular weight excluding hydrogens is 581 g/mol. The molecule has 0 spiro atoms. The van der Waals surface area contributed by atoms with Crippen LogP contribution >= 0.6 is 0 Å². The Morgan fingerprint density at radius 1 is 0.417 bits per heavy atom. The highest BCUT2D eigenvalue weighted by molar-refractivity contribution is 6.18. The fourth-order valence-electron chi connectivity index (χ4n) is 7.90. The van der Waals surface area contributed by atoms with Crippen molar-refractivity contribution in [3.8, 4) is 0 Å². The van der Waals surface area contributed by atoms with Crippen molar-refractivity contribution in [2.45, 2.75) is 226 Å². The van der Waals surface area contributed by atoms with Gasteiger partial charge in [0.05, 0.1) is 5.92 Å². The van der Waals surface area contributed by atoms with Crippen LogP contribution in [0, 0.1) is 18.0 Å². The van der Waals surface area contributed by atoms with Crippen LogP contribution in [0.3, 0.4) is 0 Å². The van der Waals surface area contributed by atoms with Crippen molar-refractivity contribution in [1.82, 2.24) is 0 Å². The molecule has 0 saturated carbocycles. The van der Waals surface area contributed by atoms with Gasteiger partial charge in [-0.25, -0.2) is 0 Å². The van der Waals surface area contributed by atoms with Crippen LogP contribution in [-0.2, 0) is 6.42 Å². The standard InChI is InChI=1S/C46H81N2/c1-3-5-7-9-11-13-15-17-19-21-23-25-27-29-34-38-44(42-43-36-32-31-33-37-43)45(46-47-40-41-48-46)39-35-30-28-26-24-22-20-18-16-14-12-10-8-6-4-2/h31-33,36-37,40-41,44-45H,3-30,34-35,38-39,42H2,1-2H3/q+1. The summed E-state index contributed by atoms with van der Waals surface area (Å²) in [7, 11) is 0. The van der Waals surface area contributed by atoms with Crippen LogP contribution in [0.5, 0.6) is 0 Å². The number of hydrogen-bond acceptors (Lipinski definition) is 2. The van der Waals surface area contributed by atoms with Gasteiger partial charge in [0.25, 0.3) is 0 Å². The van der Waals surface area contributed by atoms with Crippen molar-refractivity contribution in [3.63, 3.8) is 0 Å². The Kier molecular flexibility index (Phi) is 29.0. The molecule has 0 amide bonds. The predicted octanol–water partition coefficient (Wildman–Crippen LogP) is 15.6. The summed E-state index contributed by atoms with van der Waals surface area (Å²) in [4.78, 5) is 9.56. The first-order valence-corrected chi connectivity index (χ1v) is 21.8. The van der Waals surface area contributed by atoms with Gasteiger partial charge < -0.3 is 0 Å². The largest absolute Gasteiger partial charge is 0.244 e. The van der Waals surface area contributed by atoms with E-state index in [4.69, 9.17) is 9.98 Å². The minimum Gasteiger partial charge on any atom is -0.0965 e. The maximum absolute atomic E-state index is 4.78. The van der Waals surface area contributed by atoms with Crippen LogP contribution in [0.15, 0.2) is 40.3 Å². The van der Waals surface area contributed by atoms with E-state index in [0.29, 0.717) is 11.8 Å². The van der Waals surface area contributed by atoms with E-state index in [1.807, 2.05) is 12.4 Å². The van der Waals surface area contributed by atoms with Crippen LogP contribution in [-0.4, -0.2) is 12.4 Å². The Bertz CT molecular complexity index is 833. The molecule has 0 bridgehead atoms. The van der Waals surface area contributed by atoms with Gasteiger partial charge in [-0.2, -0.15) is 0 Å². The van der Waals surface area contributed by atoms with E-state index in [1.54, 1.807) is 0 Å². The lowest BCUT2D eigenvalue weighted by Crippen LogP contribution is -2.22. The fraction of sp³-hybridized carbons (Fsp3) is 0.804. The maximum atomic E-state index is 4.78. The van der Waals surface area contributed by atoms with Gasteiger partial charge in [-0.1, -0.05) is 247 Å². The molecule has 1 aromatic rings. The highest BCUT2D eigenvalue weighted by Gasteiger charge is 2.35. The number of aliphatic imine (C=N–C) groups is 2. The third-order valence-electron chi connectivity index (χ3n) is 11.0. The Labute approximate surface area is 301 Å². The van der Waals surface area contributed by atoms with E-state index in [9.17, 15) is 0 Å². The molecule has 2 heteroatoms. The van der Waals surface area contributed by atoms with Crippen LogP contribution in [0.2, 0.25) is 0 Å². The van der Waals surface area contributed by atoms with Crippen molar-refractivity contribution >= 4 is 12.4 Å². The highest BCUT2D eigenvalue weighted by Crippen LogP contribution is 2.37. The quantitative estimate of drug-likeness (QED) is 0.0505. The Morgan fingerprint density at radius 3 is 1.12 bits per heavy atom. The Balaban J connectivity index is 1.62. The highest BCUT2D eigenvalue weighted by atomic mass is 15.0. The van der Waals surface area contributed by atoms with Crippen LogP contribution in [0.4, 0.5) is 0 Å². The molecular formula is C46H81N2+. The third-order valence-corrected chi connectivity index (χ3v) is 11.0. The van der Waals surface area contributed by atoms with Gasteiger partial charge >= 0.3 is 0 Å². The van der Waals surface area contributed by atoms with Gasteiger partial charge in [0, 0.05) is 0 Å². The molecule has 0 aromatic heterocycles. The molecule has 1 aromatic carbocycles. The molecule has 274 valence electrons. The van der Waals surface area contributed by atoms with Gasteiger partial charge in [0.2, 0.25) is 6.17 Å². The lowest BCUT2D eigenvalue weighted by molar-refractivity contribution is 0.284. The smallest absolute Gasteiger partial charge is 0.0965 e. The molecule has 1 aliphatic heterocycles.